The van der Waals surface area contributed by atoms with Crippen molar-refractivity contribution in [2.24, 2.45) is 0 Å². The van der Waals surface area contributed by atoms with E-state index in [1.807, 2.05) is 0 Å². The van der Waals surface area contributed by atoms with Crippen molar-refractivity contribution in [1.29, 1.82) is 0 Å². The van der Waals surface area contributed by atoms with Crippen LogP contribution in [0.1, 0.15) is 10.6 Å². The molecule has 0 spiro atoms. The van der Waals surface area contributed by atoms with Crippen molar-refractivity contribution in [2.75, 3.05) is 26.3 Å². The zero-order valence-electron chi connectivity index (χ0n) is 12.7. The second-order valence-electron chi connectivity index (χ2n) is 4.94. The monoisotopic (exact) mass is 352 g/mol. The maximum atomic E-state index is 12.3. The molecule has 2 N–H and O–H groups in total. The van der Waals surface area contributed by atoms with Gasteiger partial charge in [-0.25, -0.2) is 13.1 Å². The third kappa shape index (κ3) is 3.69. The van der Waals surface area contributed by atoms with Gasteiger partial charge in [-0.2, -0.15) is 0 Å². The van der Waals surface area contributed by atoms with Gasteiger partial charge >= 0.3 is 0 Å². The molecule has 1 aromatic heterocycles. The molecule has 9 heteroatoms. The molecule has 0 aliphatic carbocycles. The summed E-state index contributed by atoms with van der Waals surface area (Å²) in [6.45, 7) is 0.988. The second-order valence-corrected chi connectivity index (χ2v) is 6.70. The van der Waals surface area contributed by atoms with Gasteiger partial charge in [0.15, 0.2) is 17.3 Å². The minimum Gasteiger partial charge on any atom is -0.486 e. The fraction of sp³-hybridized carbons (Fsp3) is 0.267. The van der Waals surface area contributed by atoms with E-state index in [0.717, 1.165) is 0 Å². The number of hydrogen-bond donors (Lipinski definition) is 2. The first kappa shape index (κ1) is 16.3. The van der Waals surface area contributed by atoms with Crippen molar-refractivity contribution in [1.82, 2.24) is 10.0 Å². The van der Waals surface area contributed by atoms with Crippen molar-refractivity contribution >= 4 is 15.9 Å². The number of sulfonamides is 1. The maximum absolute atomic E-state index is 12.3. The fourth-order valence-electron chi connectivity index (χ4n) is 2.13. The van der Waals surface area contributed by atoms with Crippen LogP contribution in [0.3, 0.4) is 0 Å². The van der Waals surface area contributed by atoms with Crippen LogP contribution in [0.25, 0.3) is 0 Å². The Balaban J connectivity index is 1.55. The molecule has 1 aliphatic heterocycles. The van der Waals surface area contributed by atoms with Gasteiger partial charge in [-0.05, 0) is 24.3 Å². The molecule has 0 unspecified atom stereocenters. The van der Waals surface area contributed by atoms with Gasteiger partial charge < -0.3 is 19.2 Å². The standard InChI is InChI=1S/C15H16N2O6S/c18-15(13-2-1-7-21-13)16-5-6-17-24(19,20)11-3-4-12-14(10-11)23-9-8-22-12/h1-4,7,10,17H,5-6,8-9H2,(H,16,18). The smallest absolute Gasteiger partial charge is 0.287 e. The van der Waals surface area contributed by atoms with Crippen LogP contribution in [0.5, 0.6) is 11.5 Å². The molecule has 2 heterocycles. The lowest BCUT2D eigenvalue weighted by Gasteiger charge is -2.18. The molecule has 1 amide bonds. The Bertz CT molecular complexity index is 816. The molecule has 0 bridgehead atoms. The molecule has 0 atom stereocenters. The topological polar surface area (TPSA) is 107 Å². The van der Waals surface area contributed by atoms with E-state index < -0.39 is 15.9 Å². The van der Waals surface area contributed by atoms with E-state index in [0.29, 0.717) is 24.7 Å². The Labute approximate surface area is 138 Å². The highest BCUT2D eigenvalue weighted by molar-refractivity contribution is 7.89. The van der Waals surface area contributed by atoms with Gasteiger partial charge in [0.1, 0.15) is 13.2 Å². The van der Waals surface area contributed by atoms with Crippen LogP contribution >= 0.6 is 0 Å². The first-order valence-electron chi connectivity index (χ1n) is 7.27. The number of amides is 1. The van der Waals surface area contributed by atoms with E-state index in [1.54, 1.807) is 12.1 Å². The number of furan rings is 1. The normalized spacial score (nSPS) is 13.5. The van der Waals surface area contributed by atoms with Crippen molar-refractivity contribution in [3.8, 4) is 11.5 Å². The summed E-state index contributed by atoms with van der Waals surface area (Å²) in [5, 5.41) is 2.55. The average molecular weight is 352 g/mol. The third-order valence-electron chi connectivity index (χ3n) is 3.27. The van der Waals surface area contributed by atoms with E-state index in [-0.39, 0.29) is 23.7 Å². The highest BCUT2D eigenvalue weighted by Gasteiger charge is 2.19. The van der Waals surface area contributed by atoms with Crippen molar-refractivity contribution in [3.05, 3.63) is 42.4 Å². The van der Waals surface area contributed by atoms with Gasteiger partial charge in [0, 0.05) is 19.2 Å². The van der Waals surface area contributed by atoms with Gasteiger partial charge in [-0.3, -0.25) is 4.79 Å². The first-order chi connectivity index (χ1) is 11.6. The second kappa shape index (κ2) is 6.93. The summed E-state index contributed by atoms with van der Waals surface area (Å²) in [4.78, 5) is 11.7. The third-order valence-corrected chi connectivity index (χ3v) is 4.73. The summed E-state index contributed by atoms with van der Waals surface area (Å²) in [7, 11) is -3.71. The average Bonchev–Trinajstić information content (AvgIpc) is 3.13. The Hall–Kier alpha value is -2.52. The number of fused-ring (bicyclic) bond motifs is 1. The predicted octanol–water partition coefficient (Wildman–Crippen LogP) is 0.759. The van der Waals surface area contributed by atoms with Crippen LogP contribution < -0.4 is 19.5 Å². The number of rotatable bonds is 6. The summed E-state index contributed by atoms with van der Waals surface area (Å²) in [5.41, 5.74) is 0. The summed E-state index contributed by atoms with van der Waals surface area (Å²) < 4.78 is 42.6. The Morgan fingerprint density at radius 1 is 1.08 bits per heavy atom. The van der Waals surface area contributed by atoms with Gasteiger partial charge in [-0.15, -0.1) is 0 Å². The SMILES string of the molecule is O=C(NCCNS(=O)(=O)c1ccc2c(c1)OCCO2)c1ccco1. The molecule has 1 aliphatic rings. The van der Waals surface area contributed by atoms with Crippen LogP contribution in [0.4, 0.5) is 0 Å². The predicted molar refractivity (Wildman–Crippen MR) is 83.7 cm³/mol. The van der Waals surface area contributed by atoms with Crippen molar-refractivity contribution in [2.45, 2.75) is 4.90 Å². The van der Waals surface area contributed by atoms with E-state index in [2.05, 4.69) is 10.0 Å². The molecule has 2 aromatic rings. The molecule has 3 rings (SSSR count). The lowest BCUT2D eigenvalue weighted by molar-refractivity contribution is 0.0926. The molecule has 8 nitrogen and oxygen atoms in total. The van der Waals surface area contributed by atoms with Crippen LogP contribution in [-0.2, 0) is 10.0 Å². The minimum absolute atomic E-state index is 0.0449. The molecule has 0 radical (unpaired) electrons. The summed E-state index contributed by atoms with van der Waals surface area (Å²) in [6, 6.07) is 7.53. The zero-order chi connectivity index (χ0) is 17.0. The van der Waals surface area contributed by atoms with Crippen LogP contribution in [0.2, 0.25) is 0 Å². The Morgan fingerprint density at radius 3 is 2.62 bits per heavy atom. The lowest BCUT2D eigenvalue weighted by Crippen LogP contribution is -2.34. The van der Waals surface area contributed by atoms with E-state index in [9.17, 15) is 13.2 Å². The van der Waals surface area contributed by atoms with Crippen molar-refractivity contribution < 1.29 is 27.1 Å². The van der Waals surface area contributed by atoms with Crippen LogP contribution in [0.15, 0.2) is 45.9 Å². The summed E-state index contributed by atoms with van der Waals surface area (Å²) in [5.74, 6) is 0.685. The maximum Gasteiger partial charge on any atom is 0.287 e. The molecule has 0 saturated heterocycles. The summed E-state index contributed by atoms with van der Waals surface area (Å²) >= 11 is 0. The zero-order valence-corrected chi connectivity index (χ0v) is 13.5. The molecule has 128 valence electrons. The van der Waals surface area contributed by atoms with Gasteiger partial charge in [0.2, 0.25) is 10.0 Å². The highest BCUT2D eigenvalue weighted by Crippen LogP contribution is 2.32. The molecule has 0 saturated carbocycles. The van der Waals surface area contributed by atoms with E-state index in [4.69, 9.17) is 13.9 Å². The number of ether oxygens (including phenoxy) is 2. The van der Waals surface area contributed by atoms with Gasteiger partial charge in [0.25, 0.3) is 5.91 Å². The number of carbonyl (C=O) groups excluding carboxylic acids is 1. The molecule has 0 fully saturated rings. The molecule has 24 heavy (non-hydrogen) atoms. The quantitative estimate of drug-likeness (QED) is 0.744. The Kier molecular flexibility index (Phi) is 4.72. The van der Waals surface area contributed by atoms with E-state index >= 15 is 0 Å². The van der Waals surface area contributed by atoms with Gasteiger partial charge in [0.05, 0.1) is 11.2 Å². The minimum atomic E-state index is -3.71. The first-order valence-corrected chi connectivity index (χ1v) is 8.75. The molecular weight excluding hydrogens is 336 g/mol. The van der Waals surface area contributed by atoms with Crippen molar-refractivity contribution in [3.63, 3.8) is 0 Å². The highest BCUT2D eigenvalue weighted by atomic mass is 32.2. The molecule has 1 aromatic carbocycles. The summed E-state index contributed by atoms with van der Waals surface area (Å²) in [6.07, 6.45) is 1.39. The largest absolute Gasteiger partial charge is 0.486 e. The fourth-order valence-corrected chi connectivity index (χ4v) is 3.18. The number of benzene rings is 1. The lowest BCUT2D eigenvalue weighted by atomic mass is 10.3. The number of carbonyl (C=O) groups is 1. The van der Waals surface area contributed by atoms with Crippen LogP contribution in [-0.4, -0.2) is 40.6 Å². The van der Waals surface area contributed by atoms with Crippen LogP contribution in [0, 0.1) is 0 Å². The van der Waals surface area contributed by atoms with E-state index in [1.165, 1.54) is 24.5 Å². The number of nitrogens with one attached hydrogen (secondary N) is 2. The number of hydrogen-bond acceptors (Lipinski definition) is 6. The molecular formula is C15H16N2O6S. The van der Waals surface area contributed by atoms with Gasteiger partial charge in [-0.1, -0.05) is 0 Å². The Morgan fingerprint density at radius 2 is 1.88 bits per heavy atom.